The lowest BCUT2D eigenvalue weighted by atomic mass is 9.95. The molecule has 0 heterocycles. The van der Waals surface area contributed by atoms with Gasteiger partial charge in [-0.2, -0.15) is 0 Å². The van der Waals surface area contributed by atoms with E-state index in [4.69, 9.17) is 0 Å². The van der Waals surface area contributed by atoms with Crippen LogP contribution in [0.3, 0.4) is 0 Å². The van der Waals surface area contributed by atoms with Crippen molar-refractivity contribution in [2.45, 2.75) is 38.1 Å². The molecule has 2 heteroatoms. The van der Waals surface area contributed by atoms with Gasteiger partial charge in [-0.15, -0.1) is 0 Å². The van der Waals surface area contributed by atoms with Gasteiger partial charge in [0.1, 0.15) is 0 Å². The number of hydrogen-bond donors (Lipinski definition) is 0. The van der Waals surface area contributed by atoms with E-state index >= 15 is 0 Å². The molecule has 0 saturated heterocycles. The maximum atomic E-state index is 3.48. The van der Waals surface area contributed by atoms with Crippen LogP contribution in [0.4, 0.5) is 0 Å². The number of alkyl halides is 1. The van der Waals surface area contributed by atoms with E-state index in [-0.39, 0.29) is 0 Å². The zero-order chi connectivity index (χ0) is 7.40. The molecule has 1 saturated carbocycles. The second-order valence-corrected chi connectivity index (χ2v) is 3.67. The quantitative estimate of drug-likeness (QED) is 0.495. The second kappa shape index (κ2) is 4.35. The molecule has 0 amide bonds. The van der Waals surface area contributed by atoms with Gasteiger partial charge in [-0.25, -0.2) is 0 Å². The maximum absolute atomic E-state index is 3.48. The van der Waals surface area contributed by atoms with Crippen molar-refractivity contribution in [3.8, 4) is 0 Å². The molecule has 0 aromatic carbocycles. The van der Waals surface area contributed by atoms with Crippen molar-refractivity contribution in [3.05, 3.63) is 0 Å². The van der Waals surface area contributed by atoms with Crippen LogP contribution in [0.1, 0.15) is 32.1 Å². The Balaban J connectivity index is 2.24. The Morgan fingerprint density at radius 3 is 2.40 bits per heavy atom. The summed E-state index contributed by atoms with van der Waals surface area (Å²) in [6.45, 7) is 0. The number of rotatable bonds is 2. The molecule has 0 aromatic heterocycles. The Kier molecular flexibility index (Phi) is 3.71. The zero-order valence-electron chi connectivity index (χ0n) is 6.65. The minimum atomic E-state index is 0.855. The van der Waals surface area contributed by atoms with Crippen LogP contribution in [0.5, 0.6) is 0 Å². The number of hydrogen-bond acceptors (Lipinski definition) is 1. The average Bonchev–Trinajstić information content (AvgIpc) is 2.05. The van der Waals surface area contributed by atoms with E-state index in [0.29, 0.717) is 0 Å². The summed E-state index contributed by atoms with van der Waals surface area (Å²) in [5.41, 5.74) is 1.03. The molecule has 0 atom stereocenters. The first-order chi connectivity index (χ1) is 4.84. The summed E-state index contributed by atoms with van der Waals surface area (Å²) in [7, 11) is 2.20. The van der Waals surface area contributed by atoms with E-state index < -0.39 is 0 Å². The van der Waals surface area contributed by atoms with Crippen molar-refractivity contribution >= 4 is 15.9 Å². The molecule has 1 aliphatic carbocycles. The van der Waals surface area contributed by atoms with Gasteiger partial charge < -0.3 is 0 Å². The molecule has 60 valence electrons. The van der Waals surface area contributed by atoms with Gasteiger partial charge in [0.2, 0.25) is 0 Å². The normalized spacial score (nSPS) is 21.9. The van der Waals surface area contributed by atoms with Crippen LogP contribution in [0.25, 0.3) is 0 Å². The molecule has 1 rings (SSSR count). The summed E-state index contributed by atoms with van der Waals surface area (Å²) in [6, 6.07) is 0.855. The topological polar surface area (TPSA) is 3.24 Å². The van der Waals surface area contributed by atoms with Crippen LogP contribution < -0.4 is 0 Å². The Hall–Kier alpha value is 0.440. The molecule has 0 aliphatic heterocycles. The summed E-state index contributed by atoms with van der Waals surface area (Å²) in [5, 5.41) is 0. The third kappa shape index (κ3) is 2.24. The van der Waals surface area contributed by atoms with Crippen molar-refractivity contribution < 1.29 is 0 Å². The Morgan fingerprint density at radius 1 is 1.30 bits per heavy atom. The fourth-order valence-electron chi connectivity index (χ4n) is 1.62. The van der Waals surface area contributed by atoms with Crippen molar-refractivity contribution in [2.24, 2.45) is 0 Å². The summed E-state index contributed by atoms with van der Waals surface area (Å²) in [5.74, 6) is 0. The molecule has 0 unspecified atom stereocenters. The lowest BCUT2D eigenvalue weighted by Crippen LogP contribution is -2.32. The van der Waals surface area contributed by atoms with Crippen LogP contribution in [-0.4, -0.2) is 23.4 Å². The van der Waals surface area contributed by atoms with Gasteiger partial charge in [0.25, 0.3) is 0 Å². The average molecular weight is 206 g/mol. The van der Waals surface area contributed by atoms with Gasteiger partial charge in [0.05, 0.1) is 5.45 Å². The minimum Gasteiger partial charge on any atom is -0.294 e. The number of nitrogens with zero attached hydrogens (tertiary/aromatic N) is 1. The van der Waals surface area contributed by atoms with E-state index in [1.807, 2.05) is 0 Å². The first-order valence-corrected chi connectivity index (χ1v) is 5.23. The third-order valence-corrected chi connectivity index (χ3v) is 3.18. The minimum absolute atomic E-state index is 0.855. The lowest BCUT2D eigenvalue weighted by Gasteiger charge is -2.29. The molecule has 1 fully saturated rings. The van der Waals surface area contributed by atoms with E-state index in [0.717, 1.165) is 11.5 Å². The van der Waals surface area contributed by atoms with Crippen molar-refractivity contribution in [1.29, 1.82) is 0 Å². The van der Waals surface area contributed by atoms with Gasteiger partial charge >= 0.3 is 0 Å². The third-order valence-electron chi connectivity index (χ3n) is 2.39. The van der Waals surface area contributed by atoms with Crippen LogP contribution in [0, 0.1) is 0 Å². The van der Waals surface area contributed by atoms with Gasteiger partial charge in [-0.3, -0.25) is 4.90 Å². The lowest BCUT2D eigenvalue weighted by molar-refractivity contribution is 0.222. The Bertz CT molecular complexity index is 89.3. The van der Waals surface area contributed by atoms with E-state index in [1.165, 1.54) is 32.1 Å². The largest absolute Gasteiger partial charge is 0.294 e. The number of halogens is 1. The van der Waals surface area contributed by atoms with Gasteiger partial charge in [-0.05, 0) is 19.9 Å². The smallest absolute Gasteiger partial charge is 0.0542 e. The molecule has 0 N–H and O–H groups in total. The maximum Gasteiger partial charge on any atom is 0.0542 e. The molecular weight excluding hydrogens is 190 g/mol. The second-order valence-electron chi connectivity index (χ2n) is 3.17. The van der Waals surface area contributed by atoms with Crippen LogP contribution >= 0.6 is 15.9 Å². The summed E-state index contributed by atoms with van der Waals surface area (Å²) >= 11 is 3.48. The van der Waals surface area contributed by atoms with Crippen molar-refractivity contribution in [2.75, 3.05) is 12.5 Å². The molecule has 1 nitrogen and oxygen atoms in total. The highest BCUT2D eigenvalue weighted by Crippen LogP contribution is 2.21. The molecule has 0 bridgehead atoms. The fourth-order valence-corrected chi connectivity index (χ4v) is 2.03. The SMILES string of the molecule is CN(CBr)C1CCCCC1. The standard InChI is InChI=1S/C8H16BrN/c1-10(7-9)8-5-3-2-4-6-8/h8H,2-7H2,1H3. The van der Waals surface area contributed by atoms with Crippen LogP contribution in [-0.2, 0) is 0 Å². The molecule has 10 heavy (non-hydrogen) atoms. The van der Waals surface area contributed by atoms with Gasteiger partial charge in [-0.1, -0.05) is 35.2 Å². The highest BCUT2D eigenvalue weighted by atomic mass is 79.9. The van der Waals surface area contributed by atoms with Crippen LogP contribution in [0.15, 0.2) is 0 Å². The zero-order valence-corrected chi connectivity index (χ0v) is 8.23. The molecule has 0 aromatic rings. The summed E-state index contributed by atoms with van der Waals surface area (Å²) in [4.78, 5) is 2.40. The fraction of sp³-hybridized carbons (Fsp3) is 1.00. The molecular formula is C8H16BrN. The summed E-state index contributed by atoms with van der Waals surface area (Å²) in [6.07, 6.45) is 7.13. The predicted molar refractivity (Wildman–Crippen MR) is 48.4 cm³/mol. The van der Waals surface area contributed by atoms with Crippen molar-refractivity contribution in [1.82, 2.24) is 4.90 Å². The first kappa shape index (κ1) is 8.54. The monoisotopic (exact) mass is 205 g/mol. The predicted octanol–water partition coefficient (Wildman–Crippen LogP) is 2.60. The van der Waals surface area contributed by atoms with Crippen LogP contribution in [0.2, 0.25) is 0 Å². The molecule has 0 radical (unpaired) electrons. The summed E-state index contributed by atoms with van der Waals surface area (Å²) < 4.78 is 0. The van der Waals surface area contributed by atoms with E-state index in [9.17, 15) is 0 Å². The Morgan fingerprint density at radius 2 is 1.90 bits per heavy atom. The van der Waals surface area contributed by atoms with Gasteiger partial charge in [0, 0.05) is 6.04 Å². The first-order valence-electron chi connectivity index (χ1n) is 4.11. The van der Waals surface area contributed by atoms with Crippen molar-refractivity contribution in [3.63, 3.8) is 0 Å². The Labute approximate surface area is 71.9 Å². The van der Waals surface area contributed by atoms with E-state index in [1.54, 1.807) is 0 Å². The van der Waals surface area contributed by atoms with E-state index in [2.05, 4.69) is 27.9 Å². The van der Waals surface area contributed by atoms with Gasteiger partial charge in [0.15, 0.2) is 0 Å². The highest BCUT2D eigenvalue weighted by Gasteiger charge is 2.16. The molecule has 1 aliphatic rings. The molecule has 0 spiro atoms. The highest BCUT2D eigenvalue weighted by molar-refractivity contribution is 9.09.